The van der Waals surface area contributed by atoms with Crippen LogP contribution in [-0.2, 0) is 0 Å². The highest BCUT2D eigenvalue weighted by molar-refractivity contribution is 5.72. The summed E-state index contributed by atoms with van der Waals surface area (Å²) in [6.45, 7) is 3.49. The van der Waals surface area contributed by atoms with E-state index in [-0.39, 0.29) is 11.6 Å². The molecule has 17 heavy (non-hydrogen) atoms. The Hall–Kier alpha value is -1.90. The van der Waals surface area contributed by atoms with Gasteiger partial charge in [-0.25, -0.2) is 8.78 Å². The molecule has 3 heteroatoms. The fourth-order valence-corrected chi connectivity index (χ4v) is 1.83. The minimum atomic E-state index is -0.341. The summed E-state index contributed by atoms with van der Waals surface area (Å²) < 4.78 is 26.8. The topological polar surface area (TPSA) is 26.0 Å². The number of hydrogen-bond donors (Lipinski definition) is 1. The number of halogens is 2. The second kappa shape index (κ2) is 4.17. The second-order valence-corrected chi connectivity index (χ2v) is 4.15. The van der Waals surface area contributed by atoms with Crippen LogP contribution in [0.1, 0.15) is 11.1 Å². The van der Waals surface area contributed by atoms with E-state index >= 15 is 0 Å². The van der Waals surface area contributed by atoms with Gasteiger partial charge in [0.25, 0.3) is 0 Å². The van der Waals surface area contributed by atoms with Crippen LogP contribution in [0.15, 0.2) is 30.3 Å². The molecule has 0 heterocycles. The lowest BCUT2D eigenvalue weighted by molar-refractivity contribution is 0.624. The lowest BCUT2D eigenvalue weighted by Crippen LogP contribution is -1.95. The highest BCUT2D eigenvalue weighted by atomic mass is 19.1. The molecule has 88 valence electrons. The maximum Gasteiger partial charge on any atom is 0.131 e. The van der Waals surface area contributed by atoms with Gasteiger partial charge in [-0.15, -0.1) is 0 Å². The Morgan fingerprint density at radius 2 is 1.59 bits per heavy atom. The molecule has 2 aromatic carbocycles. The molecule has 0 radical (unpaired) electrons. The van der Waals surface area contributed by atoms with Crippen molar-refractivity contribution >= 4 is 5.69 Å². The van der Waals surface area contributed by atoms with Gasteiger partial charge in [0, 0.05) is 11.3 Å². The molecule has 0 aliphatic rings. The van der Waals surface area contributed by atoms with Crippen LogP contribution >= 0.6 is 0 Å². The average Bonchev–Trinajstić information content (AvgIpc) is 2.24. The Labute approximate surface area is 98.9 Å². The molecule has 2 rings (SSSR count). The van der Waals surface area contributed by atoms with E-state index in [1.165, 1.54) is 18.2 Å². The molecule has 0 spiro atoms. The SMILES string of the molecule is Cc1cc(F)c(-c2ccc(F)cc2C)cc1N. The van der Waals surface area contributed by atoms with Crippen LogP contribution in [0.5, 0.6) is 0 Å². The molecule has 0 saturated carbocycles. The smallest absolute Gasteiger partial charge is 0.131 e. The number of rotatable bonds is 1. The van der Waals surface area contributed by atoms with Gasteiger partial charge in [0.2, 0.25) is 0 Å². The van der Waals surface area contributed by atoms with Gasteiger partial charge in [0.1, 0.15) is 11.6 Å². The summed E-state index contributed by atoms with van der Waals surface area (Å²) in [5.74, 6) is -0.668. The van der Waals surface area contributed by atoms with Crippen LogP contribution in [0.25, 0.3) is 11.1 Å². The Bertz CT molecular complexity index is 577. The van der Waals surface area contributed by atoms with Crippen LogP contribution in [0, 0.1) is 25.5 Å². The highest BCUT2D eigenvalue weighted by Crippen LogP contribution is 2.29. The Kier molecular flexibility index (Phi) is 2.84. The third-order valence-corrected chi connectivity index (χ3v) is 2.83. The standard InChI is InChI=1S/C14H13F2N/c1-8-5-10(15)3-4-11(8)12-7-14(17)9(2)6-13(12)16/h3-7H,17H2,1-2H3. The van der Waals surface area contributed by atoms with Crippen molar-refractivity contribution in [3.05, 3.63) is 53.1 Å². The number of benzene rings is 2. The van der Waals surface area contributed by atoms with Crippen LogP contribution < -0.4 is 5.73 Å². The summed E-state index contributed by atoms with van der Waals surface area (Å²) in [4.78, 5) is 0. The first-order chi connectivity index (χ1) is 7.99. The fraction of sp³-hybridized carbons (Fsp3) is 0.143. The fourth-order valence-electron chi connectivity index (χ4n) is 1.83. The molecule has 0 fully saturated rings. The average molecular weight is 233 g/mol. The Morgan fingerprint density at radius 3 is 2.24 bits per heavy atom. The molecular formula is C14H13F2N. The zero-order chi connectivity index (χ0) is 12.6. The zero-order valence-corrected chi connectivity index (χ0v) is 9.72. The van der Waals surface area contributed by atoms with Crippen molar-refractivity contribution in [1.82, 2.24) is 0 Å². The first kappa shape index (κ1) is 11.6. The van der Waals surface area contributed by atoms with Crippen LogP contribution in [0.3, 0.4) is 0 Å². The number of anilines is 1. The van der Waals surface area contributed by atoms with Crippen molar-refractivity contribution in [2.45, 2.75) is 13.8 Å². The molecule has 1 nitrogen and oxygen atoms in total. The largest absolute Gasteiger partial charge is 0.398 e. The summed E-state index contributed by atoms with van der Waals surface area (Å²) >= 11 is 0. The van der Waals surface area contributed by atoms with E-state index in [1.807, 2.05) is 0 Å². The van der Waals surface area contributed by atoms with Crippen molar-refractivity contribution in [3.63, 3.8) is 0 Å². The first-order valence-electron chi connectivity index (χ1n) is 5.31. The molecular weight excluding hydrogens is 220 g/mol. The molecule has 0 aliphatic heterocycles. The van der Waals surface area contributed by atoms with E-state index in [0.29, 0.717) is 27.9 Å². The highest BCUT2D eigenvalue weighted by Gasteiger charge is 2.10. The summed E-state index contributed by atoms with van der Waals surface area (Å²) in [5, 5.41) is 0. The Morgan fingerprint density at radius 1 is 0.882 bits per heavy atom. The van der Waals surface area contributed by atoms with Crippen LogP contribution in [0.4, 0.5) is 14.5 Å². The van der Waals surface area contributed by atoms with Crippen molar-refractivity contribution in [3.8, 4) is 11.1 Å². The van der Waals surface area contributed by atoms with E-state index < -0.39 is 0 Å². The van der Waals surface area contributed by atoms with Gasteiger partial charge in [0.15, 0.2) is 0 Å². The van der Waals surface area contributed by atoms with E-state index in [2.05, 4.69) is 0 Å². The zero-order valence-electron chi connectivity index (χ0n) is 9.72. The predicted octanol–water partition coefficient (Wildman–Crippen LogP) is 3.83. The quantitative estimate of drug-likeness (QED) is 0.744. The van der Waals surface area contributed by atoms with Crippen molar-refractivity contribution < 1.29 is 8.78 Å². The minimum absolute atomic E-state index is 0.327. The molecule has 0 saturated heterocycles. The number of aryl methyl sites for hydroxylation is 2. The maximum absolute atomic E-state index is 13.8. The second-order valence-electron chi connectivity index (χ2n) is 4.15. The monoisotopic (exact) mass is 233 g/mol. The van der Waals surface area contributed by atoms with Crippen LogP contribution in [-0.4, -0.2) is 0 Å². The lowest BCUT2D eigenvalue weighted by Gasteiger charge is -2.10. The number of nitrogens with two attached hydrogens (primary N) is 1. The van der Waals surface area contributed by atoms with Gasteiger partial charge in [-0.2, -0.15) is 0 Å². The van der Waals surface area contributed by atoms with E-state index in [4.69, 9.17) is 5.73 Å². The van der Waals surface area contributed by atoms with Gasteiger partial charge in [0.05, 0.1) is 0 Å². The lowest BCUT2D eigenvalue weighted by atomic mass is 9.98. The van der Waals surface area contributed by atoms with Gasteiger partial charge in [-0.3, -0.25) is 0 Å². The Balaban J connectivity index is 2.64. The molecule has 0 unspecified atom stereocenters. The molecule has 0 bridgehead atoms. The molecule has 0 aromatic heterocycles. The minimum Gasteiger partial charge on any atom is -0.398 e. The molecule has 0 amide bonds. The summed E-state index contributed by atoms with van der Waals surface area (Å²) in [5.41, 5.74) is 8.76. The van der Waals surface area contributed by atoms with E-state index in [0.717, 1.165) is 0 Å². The van der Waals surface area contributed by atoms with Gasteiger partial charge in [-0.1, -0.05) is 6.07 Å². The van der Waals surface area contributed by atoms with E-state index in [9.17, 15) is 8.78 Å². The van der Waals surface area contributed by atoms with E-state index in [1.54, 1.807) is 26.0 Å². The molecule has 2 aromatic rings. The van der Waals surface area contributed by atoms with Crippen molar-refractivity contribution in [2.24, 2.45) is 0 Å². The summed E-state index contributed by atoms with van der Waals surface area (Å²) in [7, 11) is 0. The van der Waals surface area contributed by atoms with Crippen LogP contribution in [0.2, 0.25) is 0 Å². The van der Waals surface area contributed by atoms with Gasteiger partial charge >= 0.3 is 0 Å². The third-order valence-electron chi connectivity index (χ3n) is 2.83. The van der Waals surface area contributed by atoms with Crippen molar-refractivity contribution in [2.75, 3.05) is 5.73 Å². The first-order valence-corrected chi connectivity index (χ1v) is 5.31. The number of nitrogen functional groups attached to an aromatic ring is 1. The number of hydrogen-bond acceptors (Lipinski definition) is 1. The maximum atomic E-state index is 13.8. The predicted molar refractivity (Wildman–Crippen MR) is 65.7 cm³/mol. The third kappa shape index (κ3) is 2.13. The van der Waals surface area contributed by atoms with Gasteiger partial charge < -0.3 is 5.73 Å². The summed E-state index contributed by atoms with van der Waals surface area (Å²) in [6, 6.07) is 7.25. The molecule has 0 atom stereocenters. The van der Waals surface area contributed by atoms with Crippen molar-refractivity contribution in [1.29, 1.82) is 0 Å². The molecule has 2 N–H and O–H groups in total. The summed E-state index contributed by atoms with van der Waals surface area (Å²) in [6.07, 6.45) is 0. The normalized spacial score (nSPS) is 10.6. The molecule has 0 aliphatic carbocycles. The van der Waals surface area contributed by atoms with Gasteiger partial charge in [-0.05, 0) is 54.8 Å².